The van der Waals surface area contributed by atoms with Crippen LogP contribution in [-0.4, -0.2) is 37.7 Å². The van der Waals surface area contributed by atoms with E-state index in [0.29, 0.717) is 23.7 Å². The van der Waals surface area contributed by atoms with Gasteiger partial charge in [-0.1, -0.05) is 11.6 Å². The number of nitrogens with zero attached hydrogens (tertiary/aromatic N) is 4. The molecule has 5 rings (SSSR count). The molecule has 0 saturated carbocycles. The van der Waals surface area contributed by atoms with Gasteiger partial charge in [-0.2, -0.15) is 5.10 Å². The number of ether oxygens (including phenoxy) is 3. The Labute approximate surface area is 217 Å². The molecule has 0 fully saturated rings. The van der Waals surface area contributed by atoms with Gasteiger partial charge in [0.15, 0.2) is 5.82 Å². The minimum atomic E-state index is -2.90. The molecule has 5 heterocycles. The number of hydrogen-bond donors (Lipinski definition) is 2. The lowest BCUT2D eigenvalue weighted by molar-refractivity contribution is 0.0713. The summed E-state index contributed by atoms with van der Waals surface area (Å²) in [7, 11) is 0. The zero-order valence-corrected chi connectivity index (χ0v) is 20.5. The minimum Gasteiger partial charge on any atom is -0.491 e. The number of allylic oxidation sites excluding steroid dienone is 1. The van der Waals surface area contributed by atoms with Gasteiger partial charge in [-0.25, -0.2) is 13.5 Å². The molecule has 37 heavy (non-hydrogen) atoms. The first kappa shape index (κ1) is 22.5. The Morgan fingerprint density at radius 2 is 2.14 bits per heavy atom. The Kier molecular flexibility index (Phi) is 5.89. The van der Waals surface area contributed by atoms with Crippen LogP contribution in [0.5, 0.6) is 11.6 Å². The highest BCUT2D eigenvalue weighted by molar-refractivity contribution is 6.31. The van der Waals surface area contributed by atoms with Crippen molar-refractivity contribution in [2.24, 2.45) is 0 Å². The van der Waals surface area contributed by atoms with E-state index in [1.54, 1.807) is 37.0 Å². The summed E-state index contributed by atoms with van der Waals surface area (Å²) < 4.78 is 63.6. The lowest BCUT2D eigenvalue weighted by Crippen LogP contribution is -2.38. The van der Waals surface area contributed by atoms with E-state index in [1.165, 1.54) is 10.6 Å². The van der Waals surface area contributed by atoms with Gasteiger partial charge in [-0.15, -0.1) is 0 Å². The topological polar surface area (TPSA) is 113 Å². The van der Waals surface area contributed by atoms with Gasteiger partial charge in [0, 0.05) is 31.0 Å². The molecule has 2 N–H and O–H groups in total. The van der Waals surface area contributed by atoms with Gasteiger partial charge in [0.25, 0.3) is 5.56 Å². The zero-order valence-electron chi connectivity index (χ0n) is 21.7. The van der Waals surface area contributed by atoms with Crippen molar-refractivity contribution in [3.05, 3.63) is 81.0 Å². The first-order chi connectivity index (χ1) is 18.3. The van der Waals surface area contributed by atoms with Crippen LogP contribution in [0.15, 0.2) is 47.3 Å². The van der Waals surface area contributed by atoms with Gasteiger partial charge in [-0.3, -0.25) is 14.3 Å². The molecule has 2 aliphatic rings. The van der Waals surface area contributed by atoms with Crippen molar-refractivity contribution in [2.75, 3.05) is 13.2 Å². The molecular formula is C24H24ClF2N5O5. The molecule has 0 bridgehead atoms. The van der Waals surface area contributed by atoms with Crippen LogP contribution in [0.2, 0.25) is 5.02 Å². The molecule has 13 heteroatoms. The van der Waals surface area contributed by atoms with Crippen molar-refractivity contribution in [3.8, 4) is 11.6 Å². The summed E-state index contributed by atoms with van der Waals surface area (Å²) in [6.07, 6.45) is 3.78. The summed E-state index contributed by atoms with van der Waals surface area (Å²) >= 11 is 6.34. The lowest BCUT2D eigenvalue weighted by atomic mass is 10.1. The predicted octanol–water partition coefficient (Wildman–Crippen LogP) is 3.16. The Morgan fingerprint density at radius 3 is 2.86 bits per heavy atom. The largest absolute Gasteiger partial charge is 0.491 e. The molecule has 1 unspecified atom stereocenters. The van der Waals surface area contributed by atoms with Gasteiger partial charge < -0.3 is 24.6 Å². The fourth-order valence-electron chi connectivity index (χ4n) is 4.00. The van der Waals surface area contributed by atoms with E-state index in [2.05, 4.69) is 15.4 Å². The van der Waals surface area contributed by atoms with Crippen molar-refractivity contribution in [2.45, 2.75) is 44.6 Å². The van der Waals surface area contributed by atoms with Crippen LogP contribution < -0.4 is 20.3 Å². The number of aliphatic hydroxyl groups is 1. The van der Waals surface area contributed by atoms with E-state index in [0.717, 1.165) is 0 Å². The second-order valence-electron chi connectivity index (χ2n) is 8.94. The molecule has 0 radical (unpaired) electrons. The Balaban J connectivity index is 1.51. The van der Waals surface area contributed by atoms with E-state index < -0.39 is 58.0 Å². The SMILES string of the molecule is [2H]C([2H])(Oc1cc2n(c(=O)c1Cl)C1C[C@H](n3ccc(C(C)(C)O)n3)NC=C1OCCO2)c1ncc(F)cc1F. The molecule has 0 amide bonds. The van der Waals surface area contributed by atoms with Gasteiger partial charge in [-0.05, 0) is 19.9 Å². The molecule has 0 aliphatic carbocycles. The Hall–Kier alpha value is -3.64. The highest BCUT2D eigenvalue weighted by Crippen LogP contribution is 2.37. The molecule has 10 nitrogen and oxygen atoms in total. The highest BCUT2D eigenvalue weighted by atomic mass is 35.5. The molecule has 2 atom stereocenters. The van der Waals surface area contributed by atoms with Crippen LogP contribution in [0.1, 0.15) is 46.6 Å². The van der Waals surface area contributed by atoms with Crippen molar-refractivity contribution in [3.63, 3.8) is 0 Å². The molecule has 0 spiro atoms. The third kappa shape index (κ3) is 4.98. The van der Waals surface area contributed by atoms with Crippen molar-refractivity contribution < 1.29 is 30.8 Å². The maximum absolute atomic E-state index is 14.2. The quantitative estimate of drug-likeness (QED) is 0.510. The van der Waals surface area contributed by atoms with Gasteiger partial charge in [0.2, 0.25) is 5.88 Å². The number of hydrogen-bond acceptors (Lipinski definition) is 8. The van der Waals surface area contributed by atoms with Crippen molar-refractivity contribution in [1.82, 2.24) is 24.6 Å². The molecule has 196 valence electrons. The maximum Gasteiger partial charge on any atom is 0.276 e. The number of aromatic nitrogens is 4. The van der Waals surface area contributed by atoms with Crippen LogP contribution >= 0.6 is 11.6 Å². The molecule has 0 aromatic carbocycles. The average molecular weight is 538 g/mol. The van der Waals surface area contributed by atoms with E-state index in [1.807, 2.05) is 0 Å². The van der Waals surface area contributed by atoms with Crippen LogP contribution in [0.3, 0.4) is 0 Å². The standard InChI is InChI=1S/C24H24ClF2N5O5/c1-24(2,34)19-3-4-31(30-19)20-8-16-18(11-29-20)35-5-6-36-21-9-17(22(25)23(33)32(16)21)37-12-15-14(27)7-13(26)10-28-15/h3-4,7,9-11,16,20,29,34H,5-6,8,12H2,1-2H3/t16?,20-/m0/s1/i12D2. The first-order valence-electron chi connectivity index (χ1n) is 12.3. The number of rotatable bonds is 5. The summed E-state index contributed by atoms with van der Waals surface area (Å²) in [5, 5.41) is 17.4. The molecule has 0 saturated heterocycles. The van der Waals surface area contributed by atoms with E-state index >= 15 is 0 Å². The number of nitrogens with one attached hydrogen (secondary N) is 1. The molecule has 2 aliphatic heterocycles. The van der Waals surface area contributed by atoms with Gasteiger partial charge in [0.05, 0.1) is 14.6 Å². The average Bonchev–Trinajstić information content (AvgIpc) is 3.35. The summed E-state index contributed by atoms with van der Waals surface area (Å²) in [6.45, 7) is 0.528. The van der Waals surface area contributed by atoms with Gasteiger partial charge >= 0.3 is 0 Å². The van der Waals surface area contributed by atoms with Crippen LogP contribution in [0, 0.1) is 11.6 Å². The Bertz CT molecular complexity index is 1510. The number of pyridine rings is 2. The smallest absolute Gasteiger partial charge is 0.276 e. The summed E-state index contributed by atoms with van der Waals surface area (Å²) in [4.78, 5) is 17.0. The molecule has 3 aromatic heterocycles. The minimum absolute atomic E-state index is 0.0141. The highest BCUT2D eigenvalue weighted by Gasteiger charge is 2.34. The van der Waals surface area contributed by atoms with Crippen molar-refractivity contribution in [1.29, 1.82) is 0 Å². The number of fused-ring (bicyclic) bond motifs is 3. The normalized spacial score (nSPS) is 20.4. The Morgan fingerprint density at radius 1 is 1.35 bits per heavy atom. The third-order valence-electron chi connectivity index (χ3n) is 5.84. The first-order valence-corrected chi connectivity index (χ1v) is 11.7. The van der Waals surface area contributed by atoms with E-state index in [9.17, 15) is 18.7 Å². The van der Waals surface area contributed by atoms with E-state index in [4.69, 9.17) is 28.6 Å². The van der Waals surface area contributed by atoms with Crippen LogP contribution in [-0.2, 0) is 16.9 Å². The summed E-state index contributed by atoms with van der Waals surface area (Å²) in [5.41, 5.74) is -2.28. The fourth-order valence-corrected chi connectivity index (χ4v) is 4.18. The third-order valence-corrected chi connectivity index (χ3v) is 6.19. The fraction of sp³-hybridized carbons (Fsp3) is 0.375. The summed E-state index contributed by atoms with van der Waals surface area (Å²) in [6, 6.07) is 2.68. The zero-order chi connectivity index (χ0) is 28.1. The van der Waals surface area contributed by atoms with Crippen LogP contribution in [0.25, 0.3) is 0 Å². The van der Waals surface area contributed by atoms with Crippen molar-refractivity contribution >= 4 is 11.6 Å². The lowest BCUT2D eigenvalue weighted by Gasteiger charge is -2.34. The predicted molar refractivity (Wildman–Crippen MR) is 127 cm³/mol. The van der Waals surface area contributed by atoms with E-state index in [-0.39, 0.29) is 25.5 Å². The monoisotopic (exact) mass is 537 g/mol. The van der Waals surface area contributed by atoms with Gasteiger partial charge in [0.1, 0.15) is 65.6 Å². The summed E-state index contributed by atoms with van der Waals surface area (Å²) in [5.74, 6) is -2.22. The maximum atomic E-state index is 14.2. The molecule has 3 aromatic rings. The second kappa shape index (κ2) is 9.67. The second-order valence-corrected chi connectivity index (χ2v) is 9.32. The molecular weight excluding hydrogens is 512 g/mol. The number of halogens is 3. The van der Waals surface area contributed by atoms with Crippen LogP contribution in [0.4, 0.5) is 8.78 Å².